The predicted molar refractivity (Wildman–Crippen MR) is 89.8 cm³/mol. The van der Waals surface area contributed by atoms with Crippen molar-refractivity contribution in [1.82, 2.24) is 0 Å². The Labute approximate surface area is 130 Å². The van der Waals surface area contributed by atoms with Crippen LogP contribution in [0.15, 0.2) is 18.2 Å². The van der Waals surface area contributed by atoms with E-state index in [1.54, 1.807) is 0 Å². The lowest BCUT2D eigenvalue weighted by atomic mass is 9.84. The van der Waals surface area contributed by atoms with E-state index < -0.39 is 12.2 Å². The number of hydrogen-bond acceptors (Lipinski definition) is 2. The summed E-state index contributed by atoms with van der Waals surface area (Å²) in [5, 5.41) is 19.9. The number of benzene rings is 1. The molecule has 0 aliphatic rings. The topological polar surface area (TPSA) is 40.5 Å². The zero-order valence-electron chi connectivity index (χ0n) is 14.3. The van der Waals surface area contributed by atoms with Gasteiger partial charge in [-0.15, -0.1) is 0 Å². The third-order valence-corrected chi connectivity index (χ3v) is 4.19. The van der Waals surface area contributed by atoms with Gasteiger partial charge in [-0.1, -0.05) is 59.2 Å². The van der Waals surface area contributed by atoms with Crippen molar-refractivity contribution in [2.75, 3.05) is 0 Å². The van der Waals surface area contributed by atoms with Crippen molar-refractivity contribution in [3.05, 3.63) is 34.9 Å². The Morgan fingerprint density at radius 2 is 1.57 bits per heavy atom. The minimum Gasteiger partial charge on any atom is -0.390 e. The minimum absolute atomic E-state index is 0.140. The van der Waals surface area contributed by atoms with Crippen LogP contribution in [0.25, 0.3) is 0 Å². The van der Waals surface area contributed by atoms with E-state index in [1.165, 1.54) is 16.7 Å². The molecule has 1 rings (SSSR count). The first kappa shape index (κ1) is 18.2. The van der Waals surface area contributed by atoms with Crippen LogP contribution in [-0.2, 0) is 18.3 Å². The van der Waals surface area contributed by atoms with Crippen LogP contribution >= 0.6 is 0 Å². The Bertz CT molecular complexity index is 432. The molecule has 21 heavy (non-hydrogen) atoms. The third kappa shape index (κ3) is 5.44. The third-order valence-electron chi connectivity index (χ3n) is 4.19. The van der Waals surface area contributed by atoms with Crippen LogP contribution in [0.4, 0.5) is 0 Å². The fraction of sp³-hybridized carbons (Fsp3) is 0.684. The molecule has 120 valence electrons. The van der Waals surface area contributed by atoms with E-state index in [-0.39, 0.29) is 5.41 Å². The second-order valence-corrected chi connectivity index (χ2v) is 7.05. The summed E-state index contributed by atoms with van der Waals surface area (Å²) in [7, 11) is 0. The normalized spacial score (nSPS) is 15.0. The molecule has 0 radical (unpaired) electrons. The first-order chi connectivity index (χ1) is 9.79. The Hall–Kier alpha value is -0.860. The van der Waals surface area contributed by atoms with E-state index >= 15 is 0 Å². The second kappa shape index (κ2) is 7.95. The quantitative estimate of drug-likeness (QED) is 0.797. The average Bonchev–Trinajstić information content (AvgIpc) is 2.43. The maximum absolute atomic E-state index is 10.1. The van der Waals surface area contributed by atoms with E-state index in [9.17, 15) is 10.2 Å². The molecule has 2 atom stereocenters. The summed E-state index contributed by atoms with van der Waals surface area (Å²) < 4.78 is 0. The van der Waals surface area contributed by atoms with Crippen LogP contribution in [0.1, 0.15) is 70.6 Å². The molecule has 0 spiro atoms. The Balaban J connectivity index is 2.81. The second-order valence-electron chi connectivity index (χ2n) is 7.05. The summed E-state index contributed by atoms with van der Waals surface area (Å²) in [5.41, 5.74) is 4.13. The monoisotopic (exact) mass is 292 g/mol. The molecule has 0 saturated carbocycles. The molecule has 1 aromatic rings. The molecule has 0 aromatic heterocycles. The van der Waals surface area contributed by atoms with Crippen molar-refractivity contribution >= 4 is 0 Å². The van der Waals surface area contributed by atoms with Gasteiger partial charge in [-0.25, -0.2) is 0 Å². The predicted octanol–water partition coefficient (Wildman–Crippen LogP) is 4.00. The molecule has 0 heterocycles. The molecule has 2 unspecified atom stereocenters. The van der Waals surface area contributed by atoms with Crippen LogP contribution in [-0.4, -0.2) is 22.4 Å². The lowest BCUT2D eigenvalue weighted by Gasteiger charge is -2.22. The van der Waals surface area contributed by atoms with E-state index in [0.29, 0.717) is 12.8 Å². The van der Waals surface area contributed by atoms with Crippen LogP contribution in [0.5, 0.6) is 0 Å². The van der Waals surface area contributed by atoms with Gasteiger partial charge in [0.2, 0.25) is 0 Å². The molecule has 0 saturated heterocycles. The van der Waals surface area contributed by atoms with Gasteiger partial charge in [-0.2, -0.15) is 0 Å². The number of aryl methyl sites for hydroxylation is 2. The molecule has 0 fully saturated rings. The average molecular weight is 292 g/mol. The van der Waals surface area contributed by atoms with Crippen molar-refractivity contribution in [2.45, 2.75) is 84.3 Å². The first-order valence-corrected chi connectivity index (χ1v) is 8.28. The van der Waals surface area contributed by atoms with Crippen molar-refractivity contribution in [3.63, 3.8) is 0 Å². The molecule has 0 bridgehead atoms. The molecule has 2 nitrogen and oxygen atoms in total. The summed E-state index contributed by atoms with van der Waals surface area (Å²) in [6.07, 6.45) is 2.82. The summed E-state index contributed by atoms with van der Waals surface area (Å²) in [4.78, 5) is 0. The Morgan fingerprint density at radius 1 is 0.952 bits per heavy atom. The highest BCUT2D eigenvalue weighted by Crippen LogP contribution is 2.26. The smallest absolute Gasteiger partial charge is 0.0802 e. The Kier molecular flexibility index (Phi) is 6.89. The highest BCUT2D eigenvalue weighted by atomic mass is 16.3. The zero-order valence-corrected chi connectivity index (χ0v) is 14.3. The summed E-state index contributed by atoms with van der Waals surface area (Å²) in [5.74, 6) is 0. The van der Waals surface area contributed by atoms with Gasteiger partial charge in [0.15, 0.2) is 0 Å². The molecule has 0 aliphatic heterocycles. The lowest BCUT2D eigenvalue weighted by molar-refractivity contribution is 0.00978. The highest BCUT2D eigenvalue weighted by Gasteiger charge is 2.18. The van der Waals surface area contributed by atoms with E-state index in [4.69, 9.17) is 0 Å². The van der Waals surface area contributed by atoms with Crippen molar-refractivity contribution < 1.29 is 10.2 Å². The number of hydrogen-bond donors (Lipinski definition) is 2. The largest absolute Gasteiger partial charge is 0.390 e. The van der Waals surface area contributed by atoms with Crippen molar-refractivity contribution in [1.29, 1.82) is 0 Å². The summed E-state index contributed by atoms with van der Waals surface area (Å²) in [6.45, 7) is 10.8. The standard InChI is InChI=1S/C19H32O2/c1-6-8-17(20)18(21)12-10-15-13-16(19(3,4)5)11-9-14(15)7-2/h9,11,13,17-18,20-21H,6-8,10,12H2,1-5H3. The van der Waals surface area contributed by atoms with Crippen molar-refractivity contribution in [2.24, 2.45) is 0 Å². The van der Waals surface area contributed by atoms with Gasteiger partial charge in [0.1, 0.15) is 0 Å². The fourth-order valence-electron chi connectivity index (χ4n) is 2.65. The molecule has 2 N–H and O–H groups in total. The van der Waals surface area contributed by atoms with Gasteiger partial charge < -0.3 is 10.2 Å². The van der Waals surface area contributed by atoms with Crippen molar-refractivity contribution in [3.8, 4) is 0 Å². The molecular weight excluding hydrogens is 260 g/mol. The first-order valence-electron chi connectivity index (χ1n) is 8.28. The number of aliphatic hydroxyl groups is 2. The maximum Gasteiger partial charge on any atom is 0.0802 e. The van der Waals surface area contributed by atoms with Gasteiger partial charge in [0, 0.05) is 0 Å². The SMILES string of the molecule is CCCC(O)C(O)CCc1cc(C(C)(C)C)ccc1CC. The molecule has 2 heteroatoms. The van der Waals surface area contributed by atoms with Crippen LogP contribution in [0.3, 0.4) is 0 Å². The summed E-state index contributed by atoms with van der Waals surface area (Å²) in [6, 6.07) is 6.70. The zero-order chi connectivity index (χ0) is 16.0. The number of aliphatic hydroxyl groups excluding tert-OH is 2. The minimum atomic E-state index is -0.618. The van der Waals surface area contributed by atoms with Gasteiger partial charge in [-0.05, 0) is 47.8 Å². The van der Waals surface area contributed by atoms with Gasteiger partial charge >= 0.3 is 0 Å². The van der Waals surface area contributed by atoms with E-state index in [2.05, 4.69) is 45.9 Å². The molecular formula is C19H32O2. The van der Waals surface area contributed by atoms with Gasteiger partial charge in [-0.3, -0.25) is 0 Å². The number of rotatable bonds is 7. The highest BCUT2D eigenvalue weighted by molar-refractivity contribution is 5.35. The molecule has 1 aromatic carbocycles. The fourth-order valence-corrected chi connectivity index (χ4v) is 2.65. The van der Waals surface area contributed by atoms with E-state index in [0.717, 1.165) is 19.3 Å². The van der Waals surface area contributed by atoms with E-state index in [1.807, 2.05) is 6.92 Å². The van der Waals surface area contributed by atoms with Crippen LogP contribution in [0.2, 0.25) is 0 Å². The van der Waals surface area contributed by atoms with Crippen LogP contribution < -0.4 is 0 Å². The molecule has 0 aliphatic carbocycles. The van der Waals surface area contributed by atoms with Crippen LogP contribution in [0, 0.1) is 0 Å². The van der Waals surface area contributed by atoms with Gasteiger partial charge in [0.05, 0.1) is 12.2 Å². The maximum atomic E-state index is 10.1. The Morgan fingerprint density at radius 3 is 2.10 bits per heavy atom. The summed E-state index contributed by atoms with van der Waals surface area (Å²) >= 11 is 0. The van der Waals surface area contributed by atoms with Gasteiger partial charge in [0.25, 0.3) is 0 Å². The lowest BCUT2D eigenvalue weighted by Crippen LogP contribution is -2.26. The molecule has 0 amide bonds.